The largest absolute Gasteiger partial charge is 0.490 e. The number of nitrogens with zero attached hydrogens (tertiary/aromatic N) is 2. The Bertz CT molecular complexity index is 949. The van der Waals surface area contributed by atoms with Gasteiger partial charge < -0.3 is 20.1 Å². The van der Waals surface area contributed by atoms with Gasteiger partial charge in [-0.05, 0) is 24.3 Å². The highest BCUT2D eigenvalue weighted by molar-refractivity contribution is 8.01. The van der Waals surface area contributed by atoms with Crippen LogP contribution in [0.1, 0.15) is 6.42 Å². The maximum absolute atomic E-state index is 12.3. The summed E-state index contributed by atoms with van der Waals surface area (Å²) in [5.74, 6) is 1.49. The third kappa shape index (κ3) is 4.93. The van der Waals surface area contributed by atoms with Gasteiger partial charge in [-0.25, -0.2) is 0 Å². The van der Waals surface area contributed by atoms with Gasteiger partial charge in [-0.1, -0.05) is 41.3 Å². The summed E-state index contributed by atoms with van der Waals surface area (Å²) < 4.78 is 12.0. The van der Waals surface area contributed by atoms with E-state index in [1.165, 1.54) is 23.1 Å². The number of amides is 1. The fraction of sp³-hybridized carbons (Fsp3) is 0.211. The Hall–Kier alpha value is -2.78. The minimum atomic E-state index is -0.118. The van der Waals surface area contributed by atoms with Crippen LogP contribution in [0.2, 0.25) is 0 Å². The predicted octanol–water partition coefficient (Wildman–Crippen LogP) is 4.17. The molecule has 0 atom stereocenters. The van der Waals surface area contributed by atoms with Crippen molar-refractivity contribution in [3.05, 3.63) is 48.5 Å². The molecule has 0 saturated carbocycles. The molecule has 0 radical (unpaired) electrons. The third-order valence-corrected chi connectivity index (χ3v) is 5.76. The van der Waals surface area contributed by atoms with Gasteiger partial charge in [0.1, 0.15) is 0 Å². The quantitative estimate of drug-likeness (QED) is 0.586. The Labute approximate surface area is 170 Å². The maximum Gasteiger partial charge on any atom is 0.234 e. The molecule has 1 aliphatic heterocycles. The molecule has 0 fully saturated rings. The van der Waals surface area contributed by atoms with E-state index in [1.54, 1.807) is 6.07 Å². The number of nitrogens with one attached hydrogen (secondary N) is 2. The fourth-order valence-electron chi connectivity index (χ4n) is 2.53. The minimum absolute atomic E-state index is 0.118. The molecule has 0 bridgehead atoms. The topological polar surface area (TPSA) is 85.4 Å². The van der Waals surface area contributed by atoms with Crippen LogP contribution in [0.3, 0.4) is 0 Å². The summed E-state index contributed by atoms with van der Waals surface area (Å²) in [5, 5.41) is 15.0. The summed E-state index contributed by atoms with van der Waals surface area (Å²) in [4.78, 5) is 12.3. The molecule has 2 N–H and O–H groups in total. The van der Waals surface area contributed by atoms with E-state index in [0.717, 1.165) is 16.4 Å². The van der Waals surface area contributed by atoms with Crippen molar-refractivity contribution in [3.63, 3.8) is 0 Å². The average molecular weight is 415 g/mol. The number of benzene rings is 2. The fourth-order valence-corrected chi connectivity index (χ4v) is 4.10. The number of fused-ring (bicyclic) bond motifs is 1. The number of ether oxygens (including phenoxy) is 2. The van der Waals surface area contributed by atoms with E-state index in [1.807, 2.05) is 42.5 Å². The standard InChI is InChI=1S/C19H18N4O3S2/c24-17(20-14-7-8-15-16(11-14)26-10-4-9-25-15)12-27-19-23-22-18(28-19)21-13-5-2-1-3-6-13/h1-3,5-8,11H,4,9-10,12H2,(H,20,24)(H,21,22). The Morgan fingerprint density at radius 3 is 2.71 bits per heavy atom. The highest BCUT2D eigenvalue weighted by atomic mass is 32.2. The molecule has 9 heteroatoms. The van der Waals surface area contributed by atoms with Gasteiger partial charge in [0.25, 0.3) is 0 Å². The number of hydrogen-bond acceptors (Lipinski definition) is 8. The van der Waals surface area contributed by atoms with E-state index < -0.39 is 0 Å². The Morgan fingerprint density at radius 1 is 1.04 bits per heavy atom. The Kier molecular flexibility index (Phi) is 5.93. The molecule has 0 spiro atoms. The SMILES string of the molecule is O=C(CSc1nnc(Nc2ccccc2)s1)Nc1ccc2c(c1)OCCCO2. The number of carbonyl (C=O) groups excluding carboxylic acids is 1. The molecule has 1 amide bonds. The monoisotopic (exact) mass is 414 g/mol. The van der Waals surface area contributed by atoms with Crippen molar-refractivity contribution >= 4 is 45.5 Å². The third-order valence-electron chi connectivity index (χ3n) is 3.79. The van der Waals surface area contributed by atoms with Crippen molar-refractivity contribution in [2.45, 2.75) is 10.8 Å². The summed E-state index contributed by atoms with van der Waals surface area (Å²) in [5.41, 5.74) is 1.63. The van der Waals surface area contributed by atoms with E-state index in [2.05, 4.69) is 20.8 Å². The first-order valence-corrected chi connectivity index (χ1v) is 10.5. The Balaban J connectivity index is 1.29. The number of rotatable bonds is 6. The zero-order valence-electron chi connectivity index (χ0n) is 14.9. The number of aromatic nitrogens is 2. The molecule has 28 heavy (non-hydrogen) atoms. The second-order valence-electron chi connectivity index (χ2n) is 5.91. The zero-order valence-corrected chi connectivity index (χ0v) is 16.5. The zero-order chi connectivity index (χ0) is 19.2. The molecule has 1 aromatic heterocycles. The van der Waals surface area contributed by atoms with Gasteiger partial charge in [-0.3, -0.25) is 4.79 Å². The van der Waals surface area contributed by atoms with Crippen molar-refractivity contribution in [2.24, 2.45) is 0 Å². The number of para-hydroxylation sites is 1. The summed E-state index contributed by atoms with van der Waals surface area (Å²) >= 11 is 2.76. The lowest BCUT2D eigenvalue weighted by atomic mass is 10.2. The van der Waals surface area contributed by atoms with E-state index in [4.69, 9.17) is 9.47 Å². The molecule has 0 saturated heterocycles. The first-order valence-electron chi connectivity index (χ1n) is 8.74. The van der Waals surface area contributed by atoms with Gasteiger partial charge in [0.2, 0.25) is 11.0 Å². The minimum Gasteiger partial charge on any atom is -0.490 e. The molecular formula is C19H18N4O3S2. The molecule has 4 rings (SSSR count). The number of hydrogen-bond donors (Lipinski definition) is 2. The summed E-state index contributed by atoms with van der Waals surface area (Å²) in [7, 11) is 0. The van der Waals surface area contributed by atoms with Crippen molar-refractivity contribution in [2.75, 3.05) is 29.6 Å². The lowest BCUT2D eigenvalue weighted by Crippen LogP contribution is -2.14. The van der Waals surface area contributed by atoms with Crippen LogP contribution in [0, 0.1) is 0 Å². The first-order chi connectivity index (χ1) is 13.8. The van der Waals surface area contributed by atoms with Crippen LogP contribution in [0.15, 0.2) is 52.9 Å². The summed E-state index contributed by atoms with van der Waals surface area (Å²) in [6, 6.07) is 15.2. The van der Waals surface area contributed by atoms with E-state index in [9.17, 15) is 4.79 Å². The number of anilines is 3. The van der Waals surface area contributed by atoms with Gasteiger partial charge in [0, 0.05) is 23.9 Å². The summed E-state index contributed by atoms with van der Waals surface area (Å²) in [6.07, 6.45) is 0.843. The molecule has 7 nitrogen and oxygen atoms in total. The molecule has 144 valence electrons. The van der Waals surface area contributed by atoms with Gasteiger partial charge >= 0.3 is 0 Å². The van der Waals surface area contributed by atoms with Gasteiger partial charge in [0.05, 0.1) is 19.0 Å². The number of thioether (sulfide) groups is 1. The molecule has 3 aromatic rings. The van der Waals surface area contributed by atoms with Crippen LogP contribution in [0.25, 0.3) is 0 Å². The lowest BCUT2D eigenvalue weighted by molar-refractivity contribution is -0.113. The predicted molar refractivity (Wildman–Crippen MR) is 111 cm³/mol. The molecule has 0 unspecified atom stereocenters. The van der Waals surface area contributed by atoms with Crippen molar-refractivity contribution in [1.82, 2.24) is 10.2 Å². The average Bonchev–Trinajstić information content (AvgIpc) is 3.02. The maximum atomic E-state index is 12.3. The van der Waals surface area contributed by atoms with E-state index in [-0.39, 0.29) is 11.7 Å². The van der Waals surface area contributed by atoms with Crippen LogP contribution in [-0.4, -0.2) is 35.1 Å². The van der Waals surface area contributed by atoms with Crippen LogP contribution < -0.4 is 20.1 Å². The van der Waals surface area contributed by atoms with Crippen LogP contribution in [0.5, 0.6) is 11.5 Å². The second kappa shape index (κ2) is 8.94. The molecule has 2 heterocycles. The van der Waals surface area contributed by atoms with Crippen molar-refractivity contribution in [1.29, 1.82) is 0 Å². The highest BCUT2D eigenvalue weighted by Gasteiger charge is 2.13. The smallest absolute Gasteiger partial charge is 0.234 e. The van der Waals surface area contributed by atoms with Crippen molar-refractivity contribution in [3.8, 4) is 11.5 Å². The van der Waals surface area contributed by atoms with Gasteiger partial charge in [0.15, 0.2) is 15.8 Å². The molecular weight excluding hydrogens is 396 g/mol. The van der Waals surface area contributed by atoms with Crippen LogP contribution in [-0.2, 0) is 4.79 Å². The van der Waals surface area contributed by atoms with Crippen LogP contribution in [0.4, 0.5) is 16.5 Å². The molecule has 0 aliphatic carbocycles. The molecule has 2 aromatic carbocycles. The Morgan fingerprint density at radius 2 is 1.86 bits per heavy atom. The van der Waals surface area contributed by atoms with E-state index in [0.29, 0.717) is 35.5 Å². The highest BCUT2D eigenvalue weighted by Crippen LogP contribution is 2.32. The van der Waals surface area contributed by atoms with Crippen LogP contribution >= 0.6 is 23.1 Å². The normalized spacial score (nSPS) is 12.9. The second-order valence-corrected chi connectivity index (χ2v) is 8.11. The molecule has 1 aliphatic rings. The lowest BCUT2D eigenvalue weighted by Gasteiger charge is -2.10. The van der Waals surface area contributed by atoms with Crippen molar-refractivity contribution < 1.29 is 14.3 Å². The van der Waals surface area contributed by atoms with Gasteiger partial charge in [-0.15, -0.1) is 10.2 Å². The number of carbonyl (C=O) groups is 1. The first kappa shape index (κ1) is 18.6. The summed E-state index contributed by atoms with van der Waals surface area (Å²) in [6.45, 7) is 1.25. The van der Waals surface area contributed by atoms with Gasteiger partial charge in [-0.2, -0.15) is 0 Å². The van der Waals surface area contributed by atoms with E-state index >= 15 is 0 Å².